The largest absolute Gasteiger partial charge is 0.323 e. The number of nitrogens with zero attached hydrogens (tertiary/aromatic N) is 3. The van der Waals surface area contributed by atoms with Crippen LogP contribution in [0.4, 0.5) is 5.69 Å². The lowest BCUT2D eigenvalue weighted by molar-refractivity contribution is -0.113. The number of halogens is 2. The first-order valence-corrected chi connectivity index (χ1v) is 8.56. The van der Waals surface area contributed by atoms with Gasteiger partial charge in [0, 0.05) is 13.0 Å². The van der Waals surface area contributed by atoms with Gasteiger partial charge in [-0.05, 0) is 25.0 Å². The lowest BCUT2D eigenvalue weighted by atomic mass is 10.3. The number of hydrogen-bond donors (Lipinski definition) is 1. The van der Waals surface area contributed by atoms with Gasteiger partial charge in [-0.15, -0.1) is 10.2 Å². The molecule has 3 rings (SSSR count). The lowest BCUT2D eigenvalue weighted by Gasteiger charge is -2.08. The molecule has 1 N–H and O–H groups in total. The molecule has 0 saturated heterocycles. The van der Waals surface area contributed by atoms with Gasteiger partial charge in [-0.1, -0.05) is 41.0 Å². The van der Waals surface area contributed by atoms with E-state index in [1.165, 1.54) is 24.6 Å². The Balaban J connectivity index is 1.61. The molecule has 116 valence electrons. The average Bonchev–Trinajstić information content (AvgIpc) is 3.25. The molecular weight excluding hydrogens is 343 g/mol. The van der Waals surface area contributed by atoms with Crippen LogP contribution in [0.3, 0.4) is 0 Å². The van der Waals surface area contributed by atoms with Gasteiger partial charge in [-0.25, -0.2) is 0 Å². The SMILES string of the molecule is Cn1c(SCC(=O)Nc2c(Cl)cccc2Cl)nnc1C1CC1. The summed E-state index contributed by atoms with van der Waals surface area (Å²) in [4.78, 5) is 12.0. The molecule has 0 atom stereocenters. The molecular formula is C14H14Cl2N4OS. The van der Waals surface area contributed by atoms with Crippen molar-refractivity contribution in [2.75, 3.05) is 11.1 Å². The number of anilines is 1. The van der Waals surface area contributed by atoms with Gasteiger partial charge >= 0.3 is 0 Å². The van der Waals surface area contributed by atoms with Crippen LogP contribution in [0.2, 0.25) is 10.0 Å². The molecule has 1 aromatic carbocycles. The predicted molar refractivity (Wildman–Crippen MR) is 88.8 cm³/mol. The van der Waals surface area contributed by atoms with Gasteiger partial charge in [-0.2, -0.15) is 0 Å². The molecule has 1 saturated carbocycles. The molecule has 0 aliphatic heterocycles. The molecule has 0 spiro atoms. The van der Waals surface area contributed by atoms with E-state index in [2.05, 4.69) is 15.5 Å². The Bertz CT molecular complexity index is 695. The summed E-state index contributed by atoms with van der Waals surface area (Å²) in [5.41, 5.74) is 0.438. The third-order valence-electron chi connectivity index (χ3n) is 3.37. The second-order valence-electron chi connectivity index (χ2n) is 5.11. The smallest absolute Gasteiger partial charge is 0.234 e. The van der Waals surface area contributed by atoms with Gasteiger partial charge in [-0.3, -0.25) is 4.79 Å². The molecule has 5 nitrogen and oxygen atoms in total. The maximum atomic E-state index is 12.0. The molecule has 1 aliphatic carbocycles. The standard InChI is InChI=1S/C14H14Cl2N4OS/c1-20-13(8-5-6-8)18-19-14(20)22-7-11(21)17-12-9(15)3-2-4-10(12)16/h2-4,8H,5-7H2,1H3,(H,17,21). The van der Waals surface area contributed by atoms with Crippen molar-refractivity contribution in [1.29, 1.82) is 0 Å². The van der Waals surface area contributed by atoms with Crippen LogP contribution in [0.15, 0.2) is 23.4 Å². The van der Waals surface area contributed by atoms with E-state index in [9.17, 15) is 4.79 Å². The van der Waals surface area contributed by atoms with E-state index in [0.29, 0.717) is 21.7 Å². The highest BCUT2D eigenvalue weighted by molar-refractivity contribution is 7.99. The number of amides is 1. The minimum absolute atomic E-state index is 0.184. The fraction of sp³-hybridized carbons (Fsp3) is 0.357. The summed E-state index contributed by atoms with van der Waals surface area (Å²) in [5, 5.41) is 12.6. The minimum Gasteiger partial charge on any atom is -0.323 e. The van der Waals surface area contributed by atoms with Crippen molar-refractivity contribution in [3.8, 4) is 0 Å². The Kier molecular flexibility index (Phi) is 4.61. The number of nitrogens with one attached hydrogen (secondary N) is 1. The van der Waals surface area contributed by atoms with Crippen molar-refractivity contribution in [3.05, 3.63) is 34.1 Å². The molecule has 1 heterocycles. The molecule has 8 heteroatoms. The number of rotatable bonds is 5. The molecule has 0 radical (unpaired) electrons. The van der Waals surface area contributed by atoms with Gasteiger partial charge < -0.3 is 9.88 Å². The summed E-state index contributed by atoms with van der Waals surface area (Å²) in [7, 11) is 1.93. The van der Waals surface area contributed by atoms with Crippen LogP contribution in [0, 0.1) is 0 Å². The van der Waals surface area contributed by atoms with Crippen LogP contribution in [-0.2, 0) is 11.8 Å². The van der Waals surface area contributed by atoms with Gasteiger partial charge in [0.1, 0.15) is 5.82 Å². The van der Waals surface area contributed by atoms with E-state index in [1.807, 2.05) is 11.6 Å². The summed E-state index contributed by atoms with van der Waals surface area (Å²) in [6.45, 7) is 0. The van der Waals surface area contributed by atoms with E-state index in [0.717, 1.165) is 11.0 Å². The highest BCUT2D eigenvalue weighted by Gasteiger charge is 2.29. The Morgan fingerprint density at radius 1 is 1.36 bits per heavy atom. The Labute approximate surface area is 142 Å². The fourth-order valence-electron chi connectivity index (χ4n) is 2.07. The van der Waals surface area contributed by atoms with Crippen molar-refractivity contribution < 1.29 is 4.79 Å². The summed E-state index contributed by atoms with van der Waals surface area (Å²) >= 11 is 13.4. The summed E-state index contributed by atoms with van der Waals surface area (Å²) in [6, 6.07) is 5.09. The van der Waals surface area contributed by atoms with Gasteiger partial charge in [0.25, 0.3) is 0 Å². The number of thioether (sulfide) groups is 1. The lowest BCUT2D eigenvalue weighted by Crippen LogP contribution is -2.15. The normalized spacial score (nSPS) is 14.1. The average molecular weight is 357 g/mol. The first-order valence-electron chi connectivity index (χ1n) is 6.82. The van der Waals surface area contributed by atoms with E-state index >= 15 is 0 Å². The fourth-order valence-corrected chi connectivity index (χ4v) is 3.28. The quantitative estimate of drug-likeness (QED) is 0.829. The summed E-state index contributed by atoms with van der Waals surface area (Å²) < 4.78 is 1.96. The predicted octanol–water partition coefficient (Wildman–Crippen LogP) is 3.73. The Morgan fingerprint density at radius 3 is 2.68 bits per heavy atom. The first kappa shape index (κ1) is 15.6. The number of carbonyl (C=O) groups excluding carboxylic acids is 1. The number of aromatic nitrogens is 3. The van der Waals surface area contributed by atoms with Crippen LogP contribution >= 0.6 is 35.0 Å². The number of benzene rings is 1. The molecule has 1 amide bonds. The third-order valence-corrected chi connectivity index (χ3v) is 5.02. The molecule has 0 bridgehead atoms. The van der Waals surface area contributed by atoms with E-state index in [1.54, 1.807) is 18.2 Å². The summed E-state index contributed by atoms with van der Waals surface area (Å²) in [5.74, 6) is 1.56. The van der Waals surface area contributed by atoms with Crippen molar-refractivity contribution in [1.82, 2.24) is 14.8 Å². The Hall–Kier alpha value is -1.24. The highest BCUT2D eigenvalue weighted by atomic mass is 35.5. The topological polar surface area (TPSA) is 59.8 Å². The molecule has 1 fully saturated rings. The summed E-state index contributed by atoms with van der Waals surface area (Å²) in [6.07, 6.45) is 2.34. The molecule has 22 heavy (non-hydrogen) atoms. The van der Waals surface area contributed by atoms with Crippen LogP contribution in [0.25, 0.3) is 0 Å². The van der Waals surface area contributed by atoms with Crippen LogP contribution < -0.4 is 5.32 Å². The number of carbonyl (C=O) groups is 1. The van der Waals surface area contributed by atoms with E-state index in [-0.39, 0.29) is 11.7 Å². The number of para-hydroxylation sites is 1. The molecule has 0 unspecified atom stereocenters. The molecule has 2 aromatic rings. The minimum atomic E-state index is -0.184. The van der Waals surface area contributed by atoms with Crippen molar-refractivity contribution >= 4 is 46.6 Å². The maximum absolute atomic E-state index is 12.0. The zero-order valence-electron chi connectivity index (χ0n) is 11.8. The van der Waals surface area contributed by atoms with Gasteiger partial charge in [0.15, 0.2) is 5.16 Å². The van der Waals surface area contributed by atoms with E-state index in [4.69, 9.17) is 23.2 Å². The second-order valence-corrected chi connectivity index (χ2v) is 6.86. The van der Waals surface area contributed by atoms with Crippen molar-refractivity contribution in [2.24, 2.45) is 7.05 Å². The number of hydrogen-bond acceptors (Lipinski definition) is 4. The first-order chi connectivity index (χ1) is 10.6. The zero-order valence-corrected chi connectivity index (χ0v) is 14.2. The molecule has 1 aromatic heterocycles. The van der Waals surface area contributed by atoms with Crippen LogP contribution in [0.1, 0.15) is 24.6 Å². The zero-order chi connectivity index (χ0) is 15.7. The Morgan fingerprint density at radius 2 is 2.05 bits per heavy atom. The van der Waals surface area contributed by atoms with E-state index < -0.39 is 0 Å². The maximum Gasteiger partial charge on any atom is 0.234 e. The second kappa shape index (κ2) is 6.48. The molecule has 1 aliphatic rings. The van der Waals surface area contributed by atoms with Crippen molar-refractivity contribution in [2.45, 2.75) is 23.9 Å². The van der Waals surface area contributed by atoms with Gasteiger partial charge in [0.2, 0.25) is 5.91 Å². The van der Waals surface area contributed by atoms with Crippen LogP contribution in [0.5, 0.6) is 0 Å². The van der Waals surface area contributed by atoms with Crippen LogP contribution in [-0.4, -0.2) is 26.4 Å². The third kappa shape index (κ3) is 3.39. The highest BCUT2D eigenvalue weighted by Crippen LogP contribution is 2.39. The van der Waals surface area contributed by atoms with Crippen molar-refractivity contribution in [3.63, 3.8) is 0 Å². The van der Waals surface area contributed by atoms with Gasteiger partial charge in [0.05, 0.1) is 21.5 Å². The monoisotopic (exact) mass is 356 g/mol.